The van der Waals surface area contributed by atoms with Crippen LogP contribution in [0.1, 0.15) is 27.9 Å². The lowest BCUT2D eigenvalue weighted by atomic mass is 10.1. The Bertz CT molecular complexity index is 690. The molecule has 2 N–H and O–H groups in total. The van der Waals surface area contributed by atoms with Crippen molar-refractivity contribution >= 4 is 23.2 Å². The van der Waals surface area contributed by atoms with Crippen LogP contribution in [0.3, 0.4) is 0 Å². The van der Waals surface area contributed by atoms with Gasteiger partial charge < -0.3 is 10.6 Å². The van der Waals surface area contributed by atoms with Crippen LogP contribution in [-0.2, 0) is 11.3 Å². The van der Waals surface area contributed by atoms with Crippen molar-refractivity contribution in [1.82, 2.24) is 10.6 Å². The van der Waals surface area contributed by atoms with Gasteiger partial charge in [-0.05, 0) is 29.1 Å². The van der Waals surface area contributed by atoms with Gasteiger partial charge in [0.25, 0.3) is 5.91 Å². The molecular formula is C16H15N3O2S. The maximum atomic E-state index is 11.7. The van der Waals surface area contributed by atoms with Crippen LogP contribution >= 0.6 is 11.3 Å². The van der Waals surface area contributed by atoms with Crippen molar-refractivity contribution < 1.29 is 9.59 Å². The van der Waals surface area contributed by atoms with Crippen molar-refractivity contribution in [2.75, 3.05) is 6.54 Å². The number of nitrogens with one attached hydrogen (secondary N) is 2. The monoisotopic (exact) mass is 313 g/mol. The molecule has 1 aromatic heterocycles. The van der Waals surface area contributed by atoms with Crippen LogP contribution in [0.25, 0.3) is 0 Å². The minimum Gasteiger partial charge on any atom is -0.352 e. The summed E-state index contributed by atoms with van der Waals surface area (Å²) in [6.07, 6.45) is 0.216. The highest BCUT2D eigenvalue weighted by Crippen LogP contribution is 2.05. The largest absolute Gasteiger partial charge is 0.352 e. The van der Waals surface area contributed by atoms with Gasteiger partial charge in [0.1, 0.15) is 0 Å². The van der Waals surface area contributed by atoms with Crippen LogP contribution in [-0.4, -0.2) is 18.4 Å². The lowest BCUT2D eigenvalue weighted by Crippen LogP contribution is -2.30. The zero-order valence-corrected chi connectivity index (χ0v) is 12.7. The molecule has 0 saturated carbocycles. The second kappa shape index (κ2) is 7.96. The summed E-state index contributed by atoms with van der Waals surface area (Å²) >= 11 is 1.45. The molecule has 1 heterocycles. The topological polar surface area (TPSA) is 82.0 Å². The molecule has 0 aliphatic rings. The molecule has 0 radical (unpaired) electrons. The van der Waals surface area contributed by atoms with E-state index in [0.717, 1.165) is 5.56 Å². The van der Waals surface area contributed by atoms with Gasteiger partial charge in [-0.25, -0.2) is 0 Å². The van der Waals surface area contributed by atoms with E-state index in [9.17, 15) is 9.59 Å². The zero-order valence-electron chi connectivity index (χ0n) is 11.8. The van der Waals surface area contributed by atoms with Gasteiger partial charge in [0.2, 0.25) is 5.91 Å². The number of carbonyl (C=O) groups is 2. The Hall–Kier alpha value is -2.65. The predicted octanol–water partition coefficient (Wildman–Crippen LogP) is 2.06. The number of nitrogens with zero attached hydrogens (tertiary/aromatic N) is 1. The number of carbonyl (C=O) groups excluding carboxylic acids is 2. The standard InChI is InChI=1S/C16H15N3O2S/c17-9-12-2-1-3-13(8-12)10-19-15(20)4-6-18-16(21)14-5-7-22-11-14/h1-3,5,7-8,11H,4,6,10H2,(H,18,21)(H,19,20). The summed E-state index contributed by atoms with van der Waals surface area (Å²) in [5.74, 6) is -0.316. The molecule has 2 rings (SSSR count). The van der Waals surface area contributed by atoms with E-state index in [1.165, 1.54) is 11.3 Å². The minimum absolute atomic E-state index is 0.145. The molecule has 22 heavy (non-hydrogen) atoms. The van der Waals surface area contributed by atoms with Crippen LogP contribution in [0.2, 0.25) is 0 Å². The van der Waals surface area contributed by atoms with Crippen molar-refractivity contribution in [3.05, 3.63) is 57.8 Å². The first-order valence-corrected chi connectivity index (χ1v) is 7.69. The molecule has 2 aromatic rings. The molecular weight excluding hydrogens is 298 g/mol. The first kappa shape index (κ1) is 15.7. The molecule has 0 spiro atoms. The maximum absolute atomic E-state index is 11.7. The Balaban J connectivity index is 1.70. The molecule has 0 unspecified atom stereocenters. The van der Waals surface area contributed by atoms with Crippen molar-refractivity contribution in [3.63, 3.8) is 0 Å². The fourth-order valence-electron chi connectivity index (χ4n) is 1.83. The average Bonchev–Trinajstić information content (AvgIpc) is 3.07. The summed E-state index contributed by atoms with van der Waals surface area (Å²) in [5.41, 5.74) is 2.04. The number of amides is 2. The predicted molar refractivity (Wildman–Crippen MR) is 84.3 cm³/mol. The molecule has 0 aliphatic heterocycles. The second-order valence-corrected chi connectivity index (χ2v) is 5.39. The van der Waals surface area contributed by atoms with Gasteiger partial charge in [-0.3, -0.25) is 9.59 Å². The molecule has 112 valence electrons. The highest BCUT2D eigenvalue weighted by atomic mass is 32.1. The van der Waals surface area contributed by atoms with E-state index in [0.29, 0.717) is 24.2 Å². The summed E-state index contributed by atoms with van der Waals surface area (Å²) in [7, 11) is 0. The number of rotatable bonds is 6. The van der Waals surface area contributed by atoms with E-state index in [-0.39, 0.29) is 18.2 Å². The number of benzene rings is 1. The normalized spacial score (nSPS) is 9.77. The van der Waals surface area contributed by atoms with Crippen molar-refractivity contribution in [3.8, 4) is 6.07 Å². The number of thiophene rings is 1. The summed E-state index contributed by atoms with van der Waals surface area (Å²) in [4.78, 5) is 23.4. The second-order valence-electron chi connectivity index (χ2n) is 4.61. The van der Waals surface area contributed by atoms with E-state index < -0.39 is 0 Å². The zero-order chi connectivity index (χ0) is 15.8. The third kappa shape index (κ3) is 4.72. The Morgan fingerprint density at radius 3 is 2.82 bits per heavy atom. The quantitative estimate of drug-likeness (QED) is 0.856. The highest BCUT2D eigenvalue weighted by molar-refractivity contribution is 7.08. The summed E-state index contributed by atoms with van der Waals surface area (Å²) in [6, 6.07) is 10.9. The maximum Gasteiger partial charge on any atom is 0.252 e. The lowest BCUT2D eigenvalue weighted by molar-refractivity contribution is -0.121. The van der Waals surface area contributed by atoms with Crippen molar-refractivity contribution in [2.45, 2.75) is 13.0 Å². The molecule has 2 amide bonds. The van der Waals surface area contributed by atoms with Crippen LogP contribution in [0.4, 0.5) is 0 Å². The smallest absolute Gasteiger partial charge is 0.252 e. The third-order valence-electron chi connectivity index (χ3n) is 2.97. The van der Waals surface area contributed by atoms with E-state index in [1.54, 1.807) is 29.6 Å². The van der Waals surface area contributed by atoms with E-state index in [2.05, 4.69) is 16.7 Å². The number of hydrogen-bond donors (Lipinski definition) is 2. The first-order valence-electron chi connectivity index (χ1n) is 6.75. The Morgan fingerprint density at radius 2 is 2.09 bits per heavy atom. The molecule has 0 aliphatic carbocycles. The number of hydrogen-bond acceptors (Lipinski definition) is 4. The summed E-state index contributed by atoms with van der Waals surface area (Å²) in [6.45, 7) is 0.658. The average molecular weight is 313 g/mol. The molecule has 5 nitrogen and oxygen atoms in total. The van der Waals surface area contributed by atoms with Crippen molar-refractivity contribution in [1.29, 1.82) is 5.26 Å². The highest BCUT2D eigenvalue weighted by Gasteiger charge is 2.06. The lowest BCUT2D eigenvalue weighted by Gasteiger charge is -2.06. The molecule has 0 fully saturated rings. The van der Waals surface area contributed by atoms with Crippen LogP contribution in [0, 0.1) is 11.3 Å². The Labute approximate surface area is 132 Å². The summed E-state index contributed by atoms with van der Waals surface area (Å²) in [5, 5.41) is 17.9. The fraction of sp³-hybridized carbons (Fsp3) is 0.188. The van der Waals surface area contributed by atoms with E-state index in [4.69, 9.17) is 5.26 Å². The Kier molecular flexibility index (Phi) is 5.69. The van der Waals surface area contributed by atoms with Gasteiger partial charge in [0.15, 0.2) is 0 Å². The third-order valence-corrected chi connectivity index (χ3v) is 3.65. The van der Waals surface area contributed by atoms with Crippen LogP contribution in [0.15, 0.2) is 41.1 Å². The first-order chi connectivity index (χ1) is 10.7. The van der Waals surface area contributed by atoms with E-state index in [1.807, 2.05) is 11.4 Å². The van der Waals surface area contributed by atoms with E-state index >= 15 is 0 Å². The molecule has 1 aromatic carbocycles. The van der Waals surface area contributed by atoms with Crippen LogP contribution < -0.4 is 10.6 Å². The van der Waals surface area contributed by atoms with Crippen molar-refractivity contribution in [2.24, 2.45) is 0 Å². The fourth-order valence-corrected chi connectivity index (χ4v) is 2.46. The van der Waals surface area contributed by atoms with Gasteiger partial charge in [-0.2, -0.15) is 16.6 Å². The molecule has 6 heteroatoms. The van der Waals surface area contributed by atoms with Gasteiger partial charge in [-0.1, -0.05) is 12.1 Å². The molecule has 0 atom stereocenters. The molecule has 0 saturated heterocycles. The van der Waals surface area contributed by atoms with Gasteiger partial charge in [0, 0.05) is 30.5 Å². The van der Waals surface area contributed by atoms with Gasteiger partial charge >= 0.3 is 0 Å². The summed E-state index contributed by atoms with van der Waals surface area (Å²) < 4.78 is 0. The SMILES string of the molecule is N#Cc1cccc(CNC(=O)CCNC(=O)c2ccsc2)c1. The van der Waals surface area contributed by atoms with Gasteiger partial charge in [-0.15, -0.1) is 0 Å². The van der Waals surface area contributed by atoms with Gasteiger partial charge in [0.05, 0.1) is 11.6 Å². The van der Waals surface area contributed by atoms with Crippen LogP contribution in [0.5, 0.6) is 0 Å². The number of nitriles is 1. The minimum atomic E-state index is -0.171. The molecule has 0 bridgehead atoms. The Morgan fingerprint density at radius 1 is 1.23 bits per heavy atom.